The van der Waals surface area contributed by atoms with Crippen molar-refractivity contribution in [2.45, 2.75) is 51.5 Å². The largest absolute Gasteiger partial charge is 0.314 e. The van der Waals surface area contributed by atoms with Crippen LogP contribution in [0.5, 0.6) is 0 Å². The maximum absolute atomic E-state index is 4.28. The zero-order valence-electron chi connectivity index (χ0n) is 9.49. The molecule has 0 aliphatic heterocycles. The van der Waals surface area contributed by atoms with Crippen molar-refractivity contribution in [2.24, 2.45) is 0 Å². The fourth-order valence-corrected chi connectivity index (χ4v) is 2.67. The summed E-state index contributed by atoms with van der Waals surface area (Å²) in [7, 11) is 0. The molecule has 1 aromatic heterocycles. The van der Waals surface area contributed by atoms with Gasteiger partial charge in [-0.3, -0.25) is 0 Å². The van der Waals surface area contributed by atoms with E-state index in [-0.39, 0.29) is 0 Å². The van der Waals surface area contributed by atoms with Crippen molar-refractivity contribution in [1.29, 1.82) is 0 Å². The van der Waals surface area contributed by atoms with E-state index in [1.54, 1.807) is 11.3 Å². The van der Waals surface area contributed by atoms with E-state index in [9.17, 15) is 0 Å². The van der Waals surface area contributed by atoms with Gasteiger partial charge in [0, 0.05) is 24.9 Å². The van der Waals surface area contributed by atoms with Gasteiger partial charge in [-0.2, -0.15) is 0 Å². The van der Waals surface area contributed by atoms with Gasteiger partial charge in [0.05, 0.1) is 0 Å². The molecular formula is C11H19N3S. The molecule has 3 nitrogen and oxygen atoms in total. The highest BCUT2D eigenvalue weighted by Gasteiger charge is 2.23. The highest BCUT2D eigenvalue weighted by atomic mass is 32.1. The Labute approximate surface area is 95.3 Å². The van der Waals surface area contributed by atoms with Crippen LogP contribution in [0.15, 0.2) is 0 Å². The van der Waals surface area contributed by atoms with Gasteiger partial charge in [-0.1, -0.05) is 20.3 Å². The summed E-state index contributed by atoms with van der Waals surface area (Å²) in [6.07, 6.45) is 5.02. The standard InChI is InChI=1S/C11H19N3S/c1-8(2)12-7-6-10-13-14-11(15-10)9-4-3-5-9/h8-9,12H,3-7H2,1-2H3. The minimum Gasteiger partial charge on any atom is -0.314 e. The van der Waals surface area contributed by atoms with Gasteiger partial charge in [0.2, 0.25) is 0 Å². The Kier molecular flexibility index (Phi) is 3.70. The molecule has 1 fully saturated rings. The Morgan fingerprint density at radius 1 is 1.40 bits per heavy atom. The zero-order valence-corrected chi connectivity index (χ0v) is 10.3. The van der Waals surface area contributed by atoms with Crippen LogP contribution >= 0.6 is 11.3 Å². The lowest BCUT2D eigenvalue weighted by Gasteiger charge is -2.21. The van der Waals surface area contributed by atoms with Crippen molar-refractivity contribution in [3.63, 3.8) is 0 Å². The Morgan fingerprint density at radius 3 is 2.80 bits per heavy atom. The van der Waals surface area contributed by atoms with Crippen molar-refractivity contribution in [3.8, 4) is 0 Å². The molecule has 0 spiro atoms. The third-order valence-electron chi connectivity index (χ3n) is 2.83. The molecule has 1 heterocycles. The summed E-state index contributed by atoms with van der Waals surface area (Å²) >= 11 is 1.81. The van der Waals surface area contributed by atoms with Crippen molar-refractivity contribution >= 4 is 11.3 Å². The van der Waals surface area contributed by atoms with Gasteiger partial charge in [0.15, 0.2) is 0 Å². The monoisotopic (exact) mass is 225 g/mol. The van der Waals surface area contributed by atoms with Crippen LogP contribution in [0.4, 0.5) is 0 Å². The van der Waals surface area contributed by atoms with E-state index in [0.29, 0.717) is 6.04 Å². The predicted molar refractivity (Wildman–Crippen MR) is 63.3 cm³/mol. The molecule has 0 amide bonds. The van der Waals surface area contributed by atoms with Crippen LogP contribution in [0.25, 0.3) is 0 Å². The summed E-state index contributed by atoms with van der Waals surface area (Å²) in [6.45, 7) is 5.34. The van der Waals surface area contributed by atoms with E-state index in [2.05, 4.69) is 29.4 Å². The van der Waals surface area contributed by atoms with E-state index in [0.717, 1.165) is 18.9 Å². The third-order valence-corrected chi connectivity index (χ3v) is 3.97. The number of rotatable bonds is 5. The normalized spacial score (nSPS) is 17.0. The molecule has 15 heavy (non-hydrogen) atoms. The first-order valence-corrected chi connectivity index (χ1v) is 6.63. The molecule has 0 aromatic carbocycles. The molecular weight excluding hydrogens is 206 g/mol. The Bertz CT molecular complexity index is 305. The highest BCUT2D eigenvalue weighted by molar-refractivity contribution is 7.11. The lowest BCUT2D eigenvalue weighted by molar-refractivity contribution is 0.416. The van der Waals surface area contributed by atoms with E-state index in [4.69, 9.17) is 0 Å². The lowest BCUT2D eigenvalue weighted by atomic mass is 9.86. The summed E-state index contributed by atoms with van der Waals surface area (Å²) in [5.41, 5.74) is 0. The maximum atomic E-state index is 4.28. The van der Waals surface area contributed by atoms with Crippen LogP contribution in [0.2, 0.25) is 0 Å². The summed E-state index contributed by atoms with van der Waals surface area (Å²) < 4.78 is 0. The molecule has 0 radical (unpaired) electrons. The first-order valence-electron chi connectivity index (χ1n) is 5.81. The molecule has 0 atom stereocenters. The number of nitrogens with one attached hydrogen (secondary N) is 1. The molecule has 0 unspecified atom stereocenters. The fraction of sp³-hybridized carbons (Fsp3) is 0.818. The van der Waals surface area contributed by atoms with E-state index < -0.39 is 0 Å². The molecule has 84 valence electrons. The van der Waals surface area contributed by atoms with Crippen molar-refractivity contribution in [2.75, 3.05) is 6.54 Å². The van der Waals surface area contributed by atoms with Crippen LogP contribution < -0.4 is 5.32 Å². The average Bonchev–Trinajstić information content (AvgIpc) is 2.49. The van der Waals surface area contributed by atoms with Gasteiger partial charge in [0.1, 0.15) is 10.0 Å². The van der Waals surface area contributed by atoms with E-state index in [1.165, 1.54) is 29.3 Å². The third kappa shape index (κ3) is 2.98. The van der Waals surface area contributed by atoms with Crippen LogP contribution in [-0.4, -0.2) is 22.8 Å². The van der Waals surface area contributed by atoms with Crippen molar-refractivity contribution in [1.82, 2.24) is 15.5 Å². The molecule has 0 saturated heterocycles. The second-order valence-corrected chi connectivity index (χ2v) is 5.61. The first kappa shape index (κ1) is 11.0. The second kappa shape index (κ2) is 5.03. The van der Waals surface area contributed by atoms with E-state index >= 15 is 0 Å². The van der Waals surface area contributed by atoms with Gasteiger partial charge in [0.25, 0.3) is 0 Å². The lowest BCUT2D eigenvalue weighted by Crippen LogP contribution is -2.24. The van der Waals surface area contributed by atoms with Gasteiger partial charge >= 0.3 is 0 Å². The first-order chi connectivity index (χ1) is 7.25. The SMILES string of the molecule is CC(C)NCCc1nnc(C2CCC2)s1. The molecule has 1 aliphatic carbocycles. The van der Waals surface area contributed by atoms with Gasteiger partial charge in [-0.05, 0) is 12.8 Å². The van der Waals surface area contributed by atoms with Crippen LogP contribution in [0.1, 0.15) is 49.0 Å². The minimum atomic E-state index is 0.559. The fourth-order valence-electron chi connectivity index (χ4n) is 1.66. The predicted octanol–water partition coefficient (Wildman–Crippen LogP) is 2.35. The number of hydrogen-bond donors (Lipinski definition) is 1. The zero-order chi connectivity index (χ0) is 10.7. The quantitative estimate of drug-likeness (QED) is 0.836. The van der Waals surface area contributed by atoms with Crippen molar-refractivity contribution in [3.05, 3.63) is 10.0 Å². The molecule has 1 saturated carbocycles. The van der Waals surface area contributed by atoms with E-state index in [1.807, 2.05) is 0 Å². The topological polar surface area (TPSA) is 37.8 Å². The molecule has 1 aromatic rings. The smallest absolute Gasteiger partial charge is 0.120 e. The van der Waals surface area contributed by atoms with Gasteiger partial charge in [-0.15, -0.1) is 21.5 Å². The van der Waals surface area contributed by atoms with Crippen LogP contribution in [0.3, 0.4) is 0 Å². The van der Waals surface area contributed by atoms with Crippen molar-refractivity contribution < 1.29 is 0 Å². The Hall–Kier alpha value is -0.480. The summed E-state index contributed by atoms with van der Waals surface area (Å²) in [6, 6.07) is 0.559. The Balaban J connectivity index is 1.79. The molecule has 1 aliphatic rings. The maximum Gasteiger partial charge on any atom is 0.120 e. The second-order valence-electron chi connectivity index (χ2n) is 4.52. The number of aromatic nitrogens is 2. The molecule has 4 heteroatoms. The summed E-state index contributed by atoms with van der Waals surface area (Å²) in [5.74, 6) is 0.731. The van der Waals surface area contributed by atoms with Crippen LogP contribution in [0, 0.1) is 0 Å². The van der Waals surface area contributed by atoms with Crippen LogP contribution in [-0.2, 0) is 6.42 Å². The molecule has 1 N–H and O–H groups in total. The summed E-state index contributed by atoms with van der Waals surface area (Å²) in [5, 5.41) is 14.4. The Morgan fingerprint density at radius 2 is 2.20 bits per heavy atom. The highest BCUT2D eigenvalue weighted by Crippen LogP contribution is 2.37. The average molecular weight is 225 g/mol. The molecule has 2 rings (SSSR count). The number of hydrogen-bond acceptors (Lipinski definition) is 4. The summed E-state index contributed by atoms with van der Waals surface area (Å²) in [4.78, 5) is 0. The van der Waals surface area contributed by atoms with Gasteiger partial charge < -0.3 is 5.32 Å². The minimum absolute atomic E-state index is 0.559. The molecule has 0 bridgehead atoms. The van der Waals surface area contributed by atoms with Gasteiger partial charge in [-0.25, -0.2) is 0 Å². The number of nitrogens with zero attached hydrogens (tertiary/aromatic N) is 2.